The number of carbonyl (C=O) groups excluding carboxylic acids is 3. The fourth-order valence-electron chi connectivity index (χ4n) is 2.85. The first-order valence-electron chi connectivity index (χ1n) is 8.10. The largest absolute Gasteiger partial charge is 0.467 e. The Morgan fingerprint density at radius 1 is 1.35 bits per heavy atom. The second kappa shape index (κ2) is 7.61. The van der Waals surface area contributed by atoms with Crippen molar-refractivity contribution in [2.24, 2.45) is 5.92 Å². The Balaban J connectivity index is 1.65. The first-order valence-corrected chi connectivity index (χ1v) is 8.48. The van der Waals surface area contributed by atoms with Gasteiger partial charge in [0.1, 0.15) is 5.76 Å². The molecule has 0 saturated carbocycles. The lowest BCUT2D eigenvalue weighted by Crippen LogP contribution is -2.28. The van der Waals surface area contributed by atoms with E-state index in [0.717, 1.165) is 0 Å². The van der Waals surface area contributed by atoms with E-state index >= 15 is 0 Å². The highest BCUT2D eigenvalue weighted by molar-refractivity contribution is 6.34. The molecule has 2 N–H and O–H groups in total. The number of furan rings is 1. The number of likely N-dealkylation sites (tertiary alicyclic amines) is 1. The highest BCUT2D eigenvalue weighted by atomic mass is 35.5. The van der Waals surface area contributed by atoms with E-state index in [1.807, 2.05) is 0 Å². The number of benzene rings is 1. The zero-order valence-electron chi connectivity index (χ0n) is 14.1. The highest BCUT2D eigenvalue weighted by Crippen LogP contribution is 2.24. The summed E-state index contributed by atoms with van der Waals surface area (Å²) in [6.07, 6.45) is 1.69. The lowest BCUT2D eigenvalue weighted by Gasteiger charge is -2.15. The van der Waals surface area contributed by atoms with Crippen molar-refractivity contribution in [3.8, 4) is 0 Å². The van der Waals surface area contributed by atoms with Crippen molar-refractivity contribution in [1.82, 2.24) is 10.2 Å². The van der Waals surface area contributed by atoms with Crippen LogP contribution in [-0.4, -0.2) is 36.2 Å². The van der Waals surface area contributed by atoms with E-state index in [4.69, 9.17) is 16.0 Å². The summed E-state index contributed by atoms with van der Waals surface area (Å²) in [5.74, 6) is -0.495. The van der Waals surface area contributed by atoms with E-state index in [-0.39, 0.29) is 29.7 Å². The van der Waals surface area contributed by atoms with Gasteiger partial charge in [-0.3, -0.25) is 14.4 Å². The van der Waals surface area contributed by atoms with Crippen molar-refractivity contribution >= 4 is 35.0 Å². The van der Waals surface area contributed by atoms with Gasteiger partial charge in [0, 0.05) is 25.7 Å². The Labute approximate surface area is 155 Å². The minimum absolute atomic E-state index is 0.0938. The molecule has 1 aliphatic rings. The first-order chi connectivity index (χ1) is 12.5. The van der Waals surface area contributed by atoms with Crippen LogP contribution in [-0.2, 0) is 16.1 Å². The first kappa shape index (κ1) is 18.0. The summed E-state index contributed by atoms with van der Waals surface area (Å²) >= 11 is 6.01. The molecule has 2 heterocycles. The molecule has 1 saturated heterocycles. The van der Waals surface area contributed by atoms with Gasteiger partial charge < -0.3 is 20.0 Å². The number of nitrogens with one attached hydrogen (secondary N) is 2. The van der Waals surface area contributed by atoms with Gasteiger partial charge in [0.15, 0.2) is 0 Å². The Morgan fingerprint density at radius 3 is 2.85 bits per heavy atom. The van der Waals surface area contributed by atoms with Crippen LogP contribution in [0.1, 0.15) is 22.5 Å². The summed E-state index contributed by atoms with van der Waals surface area (Å²) in [5, 5.41) is 5.54. The molecule has 1 fully saturated rings. The van der Waals surface area contributed by atoms with Gasteiger partial charge in [0.2, 0.25) is 11.8 Å². The second-order valence-corrected chi connectivity index (χ2v) is 6.42. The van der Waals surface area contributed by atoms with Gasteiger partial charge in [-0.25, -0.2) is 0 Å². The third kappa shape index (κ3) is 3.88. The molecule has 1 aromatic heterocycles. The van der Waals surface area contributed by atoms with Crippen molar-refractivity contribution in [2.75, 3.05) is 18.9 Å². The van der Waals surface area contributed by atoms with Crippen molar-refractivity contribution in [1.29, 1.82) is 0 Å². The molecule has 0 spiro atoms. The number of carbonyl (C=O) groups is 3. The molecule has 0 bridgehead atoms. The summed E-state index contributed by atoms with van der Waals surface area (Å²) in [5.41, 5.74) is 0.726. The molecule has 3 amide bonds. The van der Waals surface area contributed by atoms with E-state index in [9.17, 15) is 14.4 Å². The van der Waals surface area contributed by atoms with Crippen LogP contribution >= 0.6 is 11.6 Å². The standard InChI is InChI=1S/C18H18ClN3O4/c1-20-18(25)14-8-12(4-5-15(14)19)21-17(24)11-7-16(23)22(9-11)10-13-3-2-6-26-13/h2-6,8,11H,7,9-10H2,1H3,(H,20,25)(H,21,24). The van der Waals surface area contributed by atoms with Gasteiger partial charge in [-0.15, -0.1) is 0 Å². The van der Waals surface area contributed by atoms with Crippen LogP contribution in [0.15, 0.2) is 41.0 Å². The Kier molecular flexibility index (Phi) is 5.27. The zero-order valence-corrected chi connectivity index (χ0v) is 14.9. The van der Waals surface area contributed by atoms with Gasteiger partial charge in [0.05, 0.1) is 29.3 Å². The third-order valence-electron chi connectivity index (χ3n) is 4.22. The zero-order chi connectivity index (χ0) is 18.7. The molecule has 0 aliphatic carbocycles. The van der Waals surface area contributed by atoms with E-state index in [1.54, 1.807) is 35.4 Å². The number of hydrogen-bond acceptors (Lipinski definition) is 4. The van der Waals surface area contributed by atoms with Gasteiger partial charge in [-0.05, 0) is 30.3 Å². The van der Waals surface area contributed by atoms with Crippen LogP contribution in [0.5, 0.6) is 0 Å². The van der Waals surface area contributed by atoms with Gasteiger partial charge >= 0.3 is 0 Å². The van der Waals surface area contributed by atoms with Crippen molar-refractivity contribution in [2.45, 2.75) is 13.0 Å². The molecule has 1 aliphatic heterocycles. The lowest BCUT2D eigenvalue weighted by atomic mass is 10.1. The molecule has 136 valence electrons. The average molecular weight is 376 g/mol. The van der Waals surface area contributed by atoms with Crippen molar-refractivity contribution in [3.63, 3.8) is 0 Å². The minimum Gasteiger partial charge on any atom is -0.467 e. The second-order valence-electron chi connectivity index (χ2n) is 6.02. The van der Waals surface area contributed by atoms with Crippen LogP contribution in [0, 0.1) is 5.92 Å². The Hall–Kier alpha value is -2.80. The van der Waals surface area contributed by atoms with E-state index in [2.05, 4.69) is 10.6 Å². The van der Waals surface area contributed by atoms with Crippen LogP contribution < -0.4 is 10.6 Å². The quantitative estimate of drug-likeness (QED) is 0.838. The summed E-state index contributed by atoms with van der Waals surface area (Å²) < 4.78 is 5.25. The topological polar surface area (TPSA) is 91.7 Å². The number of halogens is 1. The van der Waals surface area contributed by atoms with E-state index in [0.29, 0.717) is 29.6 Å². The predicted octanol–water partition coefficient (Wildman–Crippen LogP) is 2.28. The lowest BCUT2D eigenvalue weighted by molar-refractivity contribution is -0.128. The molecule has 3 rings (SSSR count). The fourth-order valence-corrected chi connectivity index (χ4v) is 3.05. The van der Waals surface area contributed by atoms with Crippen LogP contribution in [0.25, 0.3) is 0 Å². The third-order valence-corrected chi connectivity index (χ3v) is 4.55. The monoisotopic (exact) mass is 375 g/mol. The molecule has 1 unspecified atom stereocenters. The molecule has 2 aromatic rings. The Bertz CT molecular complexity index is 835. The molecule has 26 heavy (non-hydrogen) atoms. The summed E-state index contributed by atoms with van der Waals surface area (Å²) in [4.78, 5) is 38.0. The molecule has 1 aromatic carbocycles. The van der Waals surface area contributed by atoms with Crippen LogP contribution in [0.2, 0.25) is 5.02 Å². The minimum atomic E-state index is -0.461. The van der Waals surface area contributed by atoms with Gasteiger partial charge in [0.25, 0.3) is 5.91 Å². The fraction of sp³-hybridized carbons (Fsp3) is 0.278. The predicted molar refractivity (Wildman–Crippen MR) is 95.7 cm³/mol. The maximum absolute atomic E-state index is 12.5. The van der Waals surface area contributed by atoms with Crippen molar-refractivity contribution in [3.05, 3.63) is 52.9 Å². The molecule has 7 nitrogen and oxygen atoms in total. The van der Waals surface area contributed by atoms with Gasteiger partial charge in [-0.1, -0.05) is 11.6 Å². The Morgan fingerprint density at radius 2 is 2.15 bits per heavy atom. The summed E-state index contributed by atoms with van der Waals surface area (Å²) in [7, 11) is 1.50. The summed E-state index contributed by atoms with van der Waals surface area (Å²) in [6, 6.07) is 8.21. The summed E-state index contributed by atoms with van der Waals surface area (Å²) in [6.45, 7) is 0.665. The highest BCUT2D eigenvalue weighted by Gasteiger charge is 2.34. The number of hydrogen-bond donors (Lipinski definition) is 2. The maximum atomic E-state index is 12.5. The maximum Gasteiger partial charge on any atom is 0.252 e. The number of rotatable bonds is 5. The number of amides is 3. The van der Waals surface area contributed by atoms with Crippen molar-refractivity contribution < 1.29 is 18.8 Å². The SMILES string of the molecule is CNC(=O)c1cc(NC(=O)C2CC(=O)N(Cc3ccco3)C2)ccc1Cl. The van der Waals surface area contributed by atoms with Crippen LogP contribution in [0.3, 0.4) is 0 Å². The molecule has 0 radical (unpaired) electrons. The smallest absolute Gasteiger partial charge is 0.252 e. The normalized spacial score (nSPS) is 16.6. The van der Waals surface area contributed by atoms with E-state index in [1.165, 1.54) is 13.1 Å². The number of nitrogens with zero attached hydrogens (tertiary/aromatic N) is 1. The molecular weight excluding hydrogens is 358 g/mol. The van der Waals surface area contributed by atoms with Crippen LogP contribution in [0.4, 0.5) is 5.69 Å². The molecular formula is C18H18ClN3O4. The number of anilines is 1. The molecule has 8 heteroatoms. The average Bonchev–Trinajstić information content (AvgIpc) is 3.26. The van der Waals surface area contributed by atoms with Gasteiger partial charge in [-0.2, -0.15) is 0 Å². The molecule has 1 atom stereocenters. The van der Waals surface area contributed by atoms with E-state index < -0.39 is 5.92 Å².